The number of primary amides is 1. The van der Waals surface area contributed by atoms with Crippen LogP contribution in [-0.4, -0.2) is 66.5 Å². The van der Waals surface area contributed by atoms with Gasteiger partial charge in [0.05, 0.1) is 13.2 Å². The Morgan fingerprint density at radius 1 is 1.08 bits per heavy atom. The predicted molar refractivity (Wildman–Crippen MR) is 88.7 cm³/mol. The molecule has 0 spiro atoms. The first-order valence-corrected chi connectivity index (χ1v) is 7.47. The molecule has 0 heterocycles. The molecule has 2 atom stereocenters. The second kappa shape index (κ2) is 11.6. The summed E-state index contributed by atoms with van der Waals surface area (Å²) in [6, 6.07) is -2.11. The van der Waals surface area contributed by atoms with Gasteiger partial charge >= 0.3 is 0 Å². The molecule has 4 amide bonds. The summed E-state index contributed by atoms with van der Waals surface area (Å²) in [4.78, 5) is 49.5. The number of nitrogens with zero attached hydrogens (tertiary/aromatic N) is 1. The molecule has 10 N–H and O–H groups in total. The topological polar surface area (TPSA) is 215 Å². The van der Waals surface area contributed by atoms with Crippen molar-refractivity contribution in [2.45, 2.75) is 31.8 Å². The molecule has 0 radical (unpaired) electrons. The zero-order valence-corrected chi connectivity index (χ0v) is 13.9. The second-order valence-corrected chi connectivity index (χ2v) is 5.12. The van der Waals surface area contributed by atoms with Crippen LogP contribution < -0.4 is 33.2 Å². The fourth-order valence-corrected chi connectivity index (χ4v) is 1.76. The first-order chi connectivity index (χ1) is 11.7. The van der Waals surface area contributed by atoms with Gasteiger partial charge in [-0.3, -0.25) is 24.2 Å². The van der Waals surface area contributed by atoms with Crippen LogP contribution in [0, 0.1) is 0 Å². The van der Waals surface area contributed by atoms with Crippen LogP contribution in [0.1, 0.15) is 19.8 Å². The van der Waals surface area contributed by atoms with Crippen molar-refractivity contribution in [1.82, 2.24) is 16.0 Å². The highest BCUT2D eigenvalue weighted by Gasteiger charge is 2.21. The van der Waals surface area contributed by atoms with Crippen LogP contribution in [0.15, 0.2) is 4.99 Å². The van der Waals surface area contributed by atoms with E-state index < -0.39 is 48.9 Å². The quantitative estimate of drug-likeness (QED) is 0.109. The highest BCUT2D eigenvalue weighted by atomic mass is 16.3. The van der Waals surface area contributed by atoms with Crippen LogP contribution in [0.3, 0.4) is 0 Å². The molecule has 0 rings (SSSR count). The number of carbonyl (C=O) groups excluding carboxylic acids is 4. The second-order valence-electron chi connectivity index (χ2n) is 5.12. The van der Waals surface area contributed by atoms with Crippen molar-refractivity contribution in [3.63, 3.8) is 0 Å². The number of nitrogens with two attached hydrogens (primary N) is 3. The van der Waals surface area contributed by atoms with E-state index in [2.05, 4.69) is 20.9 Å². The lowest BCUT2D eigenvalue weighted by atomic mass is 10.1. The molecule has 0 aromatic heterocycles. The van der Waals surface area contributed by atoms with E-state index in [1.807, 2.05) is 0 Å². The summed E-state index contributed by atoms with van der Waals surface area (Å²) in [6.45, 7) is 0.379. The zero-order valence-electron chi connectivity index (χ0n) is 13.9. The van der Waals surface area contributed by atoms with E-state index in [0.29, 0.717) is 6.42 Å². The van der Waals surface area contributed by atoms with Crippen LogP contribution in [0.25, 0.3) is 0 Å². The molecule has 0 aliphatic rings. The molecule has 0 bridgehead atoms. The van der Waals surface area contributed by atoms with Gasteiger partial charge in [-0.25, -0.2) is 0 Å². The Balaban J connectivity index is 4.38. The molecular formula is C13H25N7O5. The smallest absolute Gasteiger partial charge is 0.245 e. The standard InChI is InChI=1S/C13H25N7O5/c1-7(22)19-9(6-21)12(25)18-5-10(23)20-8(11(14)24)3-2-4-17-13(15)16/h8-9,21H,2-6H2,1H3,(H2,14,24)(H,18,25)(H,19,22)(H,20,23)(H4,15,16,17). The molecule has 0 saturated carbocycles. The van der Waals surface area contributed by atoms with Crippen molar-refractivity contribution < 1.29 is 24.3 Å². The largest absolute Gasteiger partial charge is 0.394 e. The molecule has 142 valence electrons. The number of aliphatic hydroxyl groups excluding tert-OH is 1. The molecule has 0 saturated heterocycles. The van der Waals surface area contributed by atoms with Gasteiger partial charge in [0.25, 0.3) is 0 Å². The zero-order chi connectivity index (χ0) is 19.4. The van der Waals surface area contributed by atoms with Crippen LogP contribution in [-0.2, 0) is 19.2 Å². The van der Waals surface area contributed by atoms with Gasteiger partial charge in [0.2, 0.25) is 23.6 Å². The van der Waals surface area contributed by atoms with Gasteiger partial charge in [0.1, 0.15) is 12.1 Å². The number of aliphatic imine (C=N–C) groups is 1. The summed E-state index contributed by atoms with van der Waals surface area (Å²) < 4.78 is 0. The third-order valence-corrected chi connectivity index (χ3v) is 2.92. The summed E-state index contributed by atoms with van der Waals surface area (Å²) in [5.41, 5.74) is 15.5. The van der Waals surface area contributed by atoms with E-state index in [1.165, 1.54) is 6.92 Å². The average molecular weight is 359 g/mol. The lowest BCUT2D eigenvalue weighted by molar-refractivity contribution is -0.131. The molecule has 0 aliphatic heterocycles. The van der Waals surface area contributed by atoms with E-state index >= 15 is 0 Å². The summed E-state index contributed by atoms with van der Waals surface area (Å²) in [6.07, 6.45) is 0.629. The Labute approximate surface area is 144 Å². The van der Waals surface area contributed by atoms with Crippen LogP contribution in [0.2, 0.25) is 0 Å². The fourth-order valence-electron chi connectivity index (χ4n) is 1.76. The Morgan fingerprint density at radius 2 is 1.72 bits per heavy atom. The van der Waals surface area contributed by atoms with E-state index in [1.54, 1.807) is 0 Å². The molecule has 12 nitrogen and oxygen atoms in total. The van der Waals surface area contributed by atoms with Crippen molar-refractivity contribution in [2.24, 2.45) is 22.2 Å². The van der Waals surface area contributed by atoms with Gasteiger partial charge in [-0.15, -0.1) is 0 Å². The number of amides is 4. The van der Waals surface area contributed by atoms with Crippen molar-refractivity contribution >= 4 is 29.6 Å². The Hall–Kier alpha value is -2.89. The summed E-state index contributed by atoms with van der Waals surface area (Å²) in [5.74, 6) is -2.72. The summed E-state index contributed by atoms with van der Waals surface area (Å²) in [5, 5.41) is 15.8. The minimum absolute atomic E-state index is 0.0834. The maximum atomic E-state index is 11.8. The molecule has 0 fully saturated rings. The minimum atomic E-state index is -1.17. The fraction of sp³-hybridized carbons (Fsp3) is 0.615. The van der Waals surface area contributed by atoms with Crippen molar-refractivity contribution in [3.8, 4) is 0 Å². The van der Waals surface area contributed by atoms with E-state index in [4.69, 9.17) is 22.3 Å². The maximum Gasteiger partial charge on any atom is 0.245 e. The number of rotatable bonds is 11. The first kappa shape index (κ1) is 22.1. The van der Waals surface area contributed by atoms with Gasteiger partial charge in [-0.05, 0) is 12.8 Å². The monoisotopic (exact) mass is 359 g/mol. The summed E-state index contributed by atoms with van der Waals surface area (Å²) >= 11 is 0. The van der Waals surface area contributed by atoms with Gasteiger partial charge < -0.3 is 38.3 Å². The van der Waals surface area contributed by atoms with Gasteiger partial charge in [-0.2, -0.15) is 0 Å². The third kappa shape index (κ3) is 10.5. The third-order valence-electron chi connectivity index (χ3n) is 2.92. The van der Waals surface area contributed by atoms with Crippen molar-refractivity contribution in [2.75, 3.05) is 19.7 Å². The Bertz CT molecular complexity index is 519. The van der Waals surface area contributed by atoms with E-state index in [-0.39, 0.29) is 18.9 Å². The molecule has 25 heavy (non-hydrogen) atoms. The van der Waals surface area contributed by atoms with Crippen molar-refractivity contribution in [3.05, 3.63) is 0 Å². The Morgan fingerprint density at radius 3 is 2.20 bits per heavy atom. The SMILES string of the molecule is CC(=O)NC(CO)C(=O)NCC(=O)NC(CCCN=C(N)N)C(N)=O. The molecule has 0 aromatic carbocycles. The van der Waals surface area contributed by atoms with Gasteiger partial charge in [0.15, 0.2) is 5.96 Å². The van der Waals surface area contributed by atoms with Crippen LogP contribution in [0.5, 0.6) is 0 Å². The van der Waals surface area contributed by atoms with Crippen molar-refractivity contribution in [1.29, 1.82) is 0 Å². The molecular weight excluding hydrogens is 334 g/mol. The highest BCUT2D eigenvalue weighted by Crippen LogP contribution is 1.97. The van der Waals surface area contributed by atoms with E-state index in [9.17, 15) is 19.2 Å². The molecule has 12 heteroatoms. The highest BCUT2D eigenvalue weighted by molar-refractivity contribution is 5.92. The predicted octanol–water partition coefficient (Wildman–Crippen LogP) is -4.38. The molecule has 2 unspecified atom stereocenters. The minimum Gasteiger partial charge on any atom is -0.394 e. The number of hydrogen-bond acceptors (Lipinski definition) is 6. The van der Waals surface area contributed by atoms with Crippen LogP contribution >= 0.6 is 0 Å². The maximum absolute atomic E-state index is 11.8. The normalized spacial score (nSPS) is 12.4. The number of hydrogen-bond donors (Lipinski definition) is 7. The molecule has 0 aromatic rings. The molecule has 0 aliphatic carbocycles. The van der Waals surface area contributed by atoms with Gasteiger partial charge in [-0.1, -0.05) is 0 Å². The number of guanidine groups is 1. The summed E-state index contributed by atoms with van der Waals surface area (Å²) in [7, 11) is 0. The number of aliphatic hydroxyl groups is 1. The lowest BCUT2D eigenvalue weighted by Crippen LogP contribution is -2.52. The van der Waals surface area contributed by atoms with Gasteiger partial charge in [0, 0.05) is 13.5 Å². The lowest BCUT2D eigenvalue weighted by Gasteiger charge is -2.17. The first-order valence-electron chi connectivity index (χ1n) is 7.47. The Kier molecular flexibility index (Phi) is 10.3. The number of nitrogens with one attached hydrogen (secondary N) is 3. The van der Waals surface area contributed by atoms with E-state index in [0.717, 1.165) is 0 Å². The number of carbonyl (C=O) groups is 4. The van der Waals surface area contributed by atoms with Crippen LogP contribution in [0.4, 0.5) is 0 Å². The average Bonchev–Trinajstić information content (AvgIpc) is 2.52.